The lowest BCUT2D eigenvalue weighted by molar-refractivity contribution is -0.120. The Bertz CT molecular complexity index is 1780. The number of ether oxygens (including phenoxy) is 2. The van der Waals surface area contributed by atoms with Gasteiger partial charge in [0.2, 0.25) is 11.7 Å². The van der Waals surface area contributed by atoms with Gasteiger partial charge in [0.15, 0.2) is 5.16 Å². The zero-order valence-electron chi connectivity index (χ0n) is 23.3. The van der Waals surface area contributed by atoms with Gasteiger partial charge in [-0.1, -0.05) is 55.9 Å². The molecule has 41 heavy (non-hydrogen) atoms. The van der Waals surface area contributed by atoms with Crippen molar-refractivity contribution in [2.75, 3.05) is 7.11 Å². The Balaban J connectivity index is 1.45. The van der Waals surface area contributed by atoms with Crippen LogP contribution in [0.3, 0.4) is 0 Å². The predicted molar refractivity (Wildman–Crippen MR) is 161 cm³/mol. The summed E-state index contributed by atoms with van der Waals surface area (Å²) >= 11 is 2.86. The van der Waals surface area contributed by atoms with Gasteiger partial charge in [0.25, 0.3) is 5.56 Å². The molecule has 0 radical (unpaired) electrons. The highest BCUT2D eigenvalue weighted by atomic mass is 32.2. The van der Waals surface area contributed by atoms with E-state index in [1.165, 1.54) is 23.1 Å². The number of carbonyl (C=O) groups is 1. The molecule has 9 nitrogen and oxygen atoms in total. The fraction of sp³-hybridized carbons (Fsp3) is 0.333. The number of thioether (sulfide) groups is 1. The first-order valence-corrected chi connectivity index (χ1v) is 15.2. The normalized spacial score (nSPS) is 15.8. The highest BCUT2D eigenvalue weighted by Crippen LogP contribution is 2.38. The summed E-state index contributed by atoms with van der Waals surface area (Å²) < 4.78 is 15.0. The minimum absolute atomic E-state index is 0.0351. The van der Waals surface area contributed by atoms with Crippen molar-refractivity contribution in [2.45, 2.75) is 56.9 Å². The molecule has 0 fully saturated rings. The fourth-order valence-electron chi connectivity index (χ4n) is 5.05. The summed E-state index contributed by atoms with van der Waals surface area (Å²) in [7, 11) is 1.61. The number of thiophene rings is 1. The molecule has 4 heterocycles. The van der Waals surface area contributed by atoms with Crippen molar-refractivity contribution >= 4 is 45.0 Å². The number of aromatic nitrogens is 4. The number of fused-ring (bicyclic) bond motifs is 5. The van der Waals surface area contributed by atoms with Crippen LogP contribution in [0.4, 0.5) is 0 Å². The van der Waals surface area contributed by atoms with Crippen LogP contribution in [-0.4, -0.2) is 43.5 Å². The van der Waals surface area contributed by atoms with Crippen molar-refractivity contribution < 1.29 is 14.3 Å². The van der Waals surface area contributed by atoms with E-state index in [0.29, 0.717) is 53.2 Å². The molecule has 0 aliphatic carbocycles. The van der Waals surface area contributed by atoms with Gasteiger partial charge in [-0.2, -0.15) is 0 Å². The van der Waals surface area contributed by atoms with Crippen molar-refractivity contribution in [3.05, 3.63) is 81.0 Å². The van der Waals surface area contributed by atoms with Gasteiger partial charge in [-0.3, -0.25) is 9.59 Å². The third-order valence-corrected chi connectivity index (χ3v) is 9.61. The first kappa shape index (κ1) is 27.5. The number of hydrogen-bond acceptors (Lipinski definition) is 8. The molecule has 0 spiro atoms. The van der Waals surface area contributed by atoms with Crippen LogP contribution in [0.5, 0.6) is 5.75 Å². The molecule has 1 N–H and O–H groups in total. The lowest BCUT2D eigenvalue weighted by atomic mass is 9.96. The average molecular weight is 590 g/mol. The second-order valence-electron chi connectivity index (χ2n) is 10.4. The Morgan fingerprint density at radius 1 is 1.15 bits per heavy atom. The number of methoxy groups -OCH3 is 1. The molecular weight excluding hydrogens is 558 g/mol. The van der Waals surface area contributed by atoms with Gasteiger partial charge in [0.05, 0.1) is 36.1 Å². The maximum Gasteiger partial charge on any atom is 0.268 e. The number of rotatable bonds is 8. The molecule has 1 amide bonds. The maximum absolute atomic E-state index is 14.2. The highest BCUT2D eigenvalue weighted by Gasteiger charge is 2.30. The van der Waals surface area contributed by atoms with E-state index in [4.69, 9.17) is 9.47 Å². The largest absolute Gasteiger partial charge is 0.497 e. The minimum atomic E-state index is -0.439. The minimum Gasteiger partial charge on any atom is -0.497 e. The van der Waals surface area contributed by atoms with Crippen LogP contribution in [0.1, 0.15) is 36.8 Å². The van der Waals surface area contributed by atoms with Crippen LogP contribution in [0.15, 0.2) is 64.5 Å². The van der Waals surface area contributed by atoms with Crippen LogP contribution < -0.4 is 15.6 Å². The lowest BCUT2D eigenvalue weighted by Gasteiger charge is -2.26. The number of amides is 1. The molecule has 0 saturated carbocycles. The van der Waals surface area contributed by atoms with Crippen LogP contribution in [-0.2, 0) is 29.1 Å². The SMILES string of the molecule is COc1ccc(-n2c(=O)c3c4c(sc3n3c(S[C@@H](C)C(=O)NCc5ccccc5)nnc23)CO[C@H](C(C)C)C4)cc1. The summed E-state index contributed by atoms with van der Waals surface area (Å²) in [6, 6.07) is 17.1. The van der Waals surface area contributed by atoms with E-state index in [2.05, 4.69) is 29.4 Å². The van der Waals surface area contributed by atoms with Gasteiger partial charge in [0, 0.05) is 17.8 Å². The lowest BCUT2D eigenvalue weighted by Crippen LogP contribution is -2.30. The molecule has 0 saturated heterocycles. The molecule has 1 aliphatic rings. The number of carbonyl (C=O) groups excluding carboxylic acids is 1. The standard InChI is InChI=1S/C30H31N5O4S2/c1-17(2)23-14-22-24(16-39-23)41-28-25(22)27(37)34(20-10-12-21(38-4)13-11-20)29-32-33-30(35(28)29)40-18(3)26(36)31-15-19-8-6-5-7-9-19/h5-13,17-18,23H,14-16H2,1-4H3,(H,31,36)/t18-,23-/m0/s1. The van der Waals surface area contributed by atoms with Gasteiger partial charge in [-0.15, -0.1) is 21.5 Å². The number of benzene rings is 2. The second-order valence-corrected chi connectivity index (χ2v) is 12.8. The Morgan fingerprint density at radius 3 is 2.61 bits per heavy atom. The molecule has 2 aromatic carbocycles. The Hall–Kier alpha value is -3.67. The maximum atomic E-state index is 14.2. The van der Waals surface area contributed by atoms with Gasteiger partial charge in [-0.25, -0.2) is 8.97 Å². The molecule has 11 heteroatoms. The highest BCUT2D eigenvalue weighted by molar-refractivity contribution is 8.00. The number of nitrogens with one attached hydrogen (secondary N) is 1. The molecule has 0 unspecified atom stereocenters. The van der Waals surface area contributed by atoms with E-state index in [9.17, 15) is 9.59 Å². The molecule has 2 atom stereocenters. The van der Waals surface area contributed by atoms with Crippen LogP contribution in [0, 0.1) is 5.92 Å². The Labute approximate surface area is 245 Å². The molecule has 5 aromatic rings. The van der Waals surface area contributed by atoms with Crippen molar-refractivity contribution in [3.63, 3.8) is 0 Å². The van der Waals surface area contributed by atoms with E-state index < -0.39 is 5.25 Å². The third kappa shape index (κ3) is 5.13. The number of hydrogen-bond donors (Lipinski definition) is 1. The van der Waals surface area contributed by atoms with Crippen molar-refractivity contribution in [1.82, 2.24) is 24.5 Å². The van der Waals surface area contributed by atoms with Crippen LogP contribution in [0.25, 0.3) is 21.7 Å². The smallest absolute Gasteiger partial charge is 0.268 e. The summed E-state index contributed by atoms with van der Waals surface area (Å²) in [4.78, 5) is 29.1. The molecule has 3 aromatic heterocycles. The molecule has 6 rings (SSSR count). The average Bonchev–Trinajstić information content (AvgIpc) is 3.58. The topological polar surface area (TPSA) is 99.8 Å². The van der Waals surface area contributed by atoms with Crippen molar-refractivity contribution in [3.8, 4) is 11.4 Å². The van der Waals surface area contributed by atoms with E-state index in [1.807, 2.05) is 65.9 Å². The first-order chi connectivity index (χ1) is 19.9. The number of nitrogens with zero attached hydrogens (tertiary/aromatic N) is 4. The van der Waals surface area contributed by atoms with E-state index in [1.54, 1.807) is 11.7 Å². The monoisotopic (exact) mass is 589 g/mol. The quantitative estimate of drug-likeness (QED) is 0.254. The zero-order chi connectivity index (χ0) is 28.7. The summed E-state index contributed by atoms with van der Waals surface area (Å²) in [6.07, 6.45) is 0.701. The van der Waals surface area contributed by atoms with Crippen molar-refractivity contribution in [1.29, 1.82) is 0 Å². The van der Waals surface area contributed by atoms with E-state index >= 15 is 0 Å². The fourth-order valence-corrected chi connectivity index (χ4v) is 7.22. The molecule has 212 valence electrons. The molecule has 1 aliphatic heterocycles. The van der Waals surface area contributed by atoms with Gasteiger partial charge >= 0.3 is 0 Å². The van der Waals surface area contributed by atoms with Gasteiger partial charge < -0.3 is 14.8 Å². The summed E-state index contributed by atoms with van der Waals surface area (Å²) in [5.74, 6) is 1.31. The van der Waals surface area contributed by atoms with E-state index in [0.717, 1.165) is 20.8 Å². The zero-order valence-corrected chi connectivity index (χ0v) is 24.9. The van der Waals surface area contributed by atoms with E-state index in [-0.39, 0.29) is 17.6 Å². The summed E-state index contributed by atoms with van der Waals surface area (Å²) in [5.41, 5.74) is 2.58. The van der Waals surface area contributed by atoms with Gasteiger partial charge in [-0.05, 0) is 48.2 Å². The molecule has 0 bridgehead atoms. The van der Waals surface area contributed by atoms with Crippen LogP contribution >= 0.6 is 23.1 Å². The summed E-state index contributed by atoms with van der Waals surface area (Å²) in [6.45, 7) is 7.03. The third-order valence-electron chi connectivity index (χ3n) is 7.38. The Kier molecular flexibility index (Phi) is 7.58. The van der Waals surface area contributed by atoms with Gasteiger partial charge in [0.1, 0.15) is 10.6 Å². The predicted octanol–water partition coefficient (Wildman–Crippen LogP) is 5.00. The second kappa shape index (κ2) is 11.3. The van der Waals surface area contributed by atoms with Crippen molar-refractivity contribution in [2.24, 2.45) is 5.92 Å². The first-order valence-electron chi connectivity index (χ1n) is 13.5. The summed E-state index contributed by atoms with van der Waals surface area (Å²) in [5, 5.41) is 12.7. The Morgan fingerprint density at radius 2 is 1.90 bits per heavy atom. The van der Waals surface area contributed by atoms with Crippen LogP contribution in [0.2, 0.25) is 0 Å². The molecular formula is C30H31N5O4S2.